The number of carbonyl (C=O) groups is 1. The van der Waals surface area contributed by atoms with Gasteiger partial charge in [-0.2, -0.15) is 0 Å². The number of esters is 1. The minimum atomic E-state index is -0.760. The summed E-state index contributed by atoms with van der Waals surface area (Å²) in [5.41, 5.74) is 0.842. The van der Waals surface area contributed by atoms with Gasteiger partial charge in [-0.3, -0.25) is 4.79 Å². The zero-order chi connectivity index (χ0) is 26.4. The molecule has 0 heterocycles. The Hall–Kier alpha value is -2.80. The maximum absolute atomic E-state index is 15.1. The van der Waals surface area contributed by atoms with E-state index in [0.717, 1.165) is 31.7 Å². The molecule has 0 saturated heterocycles. The smallest absolute Gasteiger partial charge is 0.314 e. The molecular formula is C30H35F3O4. The lowest BCUT2D eigenvalue weighted by Crippen LogP contribution is -2.25. The van der Waals surface area contributed by atoms with E-state index in [9.17, 15) is 9.18 Å². The number of hydrogen-bond donors (Lipinski definition) is 0. The first-order valence-electron chi connectivity index (χ1n) is 13.3. The van der Waals surface area contributed by atoms with Gasteiger partial charge in [0.05, 0.1) is 12.0 Å². The van der Waals surface area contributed by atoms with Crippen LogP contribution in [-0.2, 0) is 9.53 Å². The highest BCUT2D eigenvalue weighted by Crippen LogP contribution is 2.41. The van der Waals surface area contributed by atoms with Crippen molar-refractivity contribution in [2.24, 2.45) is 5.92 Å². The molecule has 0 N–H and O–H groups in total. The molecule has 2 aliphatic carbocycles. The minimum absolute atomic E-state index is 0.0122. The maximum atomic E-state index is 15.1. The molecule has 0 aromatic heterocycles. The molecule has 2 saturated carbocycles. The monoisotopic (exact) mass is 516 g/mol. The predicted octanol–water partition coefficient (Wildman–Crippen LogP) is 7.61. The summed E-state index contributed by atoms with van der Waals surface area (Å²) in [6.07, 6.45) is 7.13. The van der Waals surface area contributed by atoms with Gasteiger partial charge in [-0.05, 0) is 93.4 Å². The van der Waals surface area contributed by atoms with Crippen LogP contribution < -0.4 is 9.47 Å². The van der Waals surface area contributed by atoms with Gasteiger partial charge in [0, 0.05) is 12.7 Å². The Morgan fingerprint density at radius 3 is 2.05 bits per heavy atom. The molecule has 2 fully saturated rings. The van der Waals surface area contributed by atoms with Gasteiger partial charge < -0.3 is 14.2 Å². The molecule has 0 bridgehead atoms. The molecule has 0 amide bonds. The second kappa shape index (κ2) is 12.6. The Kier molecular flexibility index (Phi) is 9.30. The average Bonchev–Trinajstić information content (AvgIpc) is 2.91. The summed E-state index contributed by atoms with van der Waals surface area (Å²) >= 11 is 0. The van der Waals surface area contributed by atoms with Crippen LogP contribution in [0.15, 0.2) is 43.0 Å². The van der Waals surface area contributed by atoms with Crippen molar-refractivity contribution in [1.82, 2.24) is 0 Å². The van der Waals surface area contributed by atoms with Crippen molar-refractivity contribution in [3.8, 4) is 11.5 Å². The summed E-state index contributed by atoms with van der Waals surface area (Å²) in [4.78, 5) is 12.7. The molecule has 7 heteroatoms. The molecule has 0 radical (unpaired) electrons. The first-order chi connectivity index (χ1) is 17.9. The summed E-state index contributed by atoms with van der Waals surface area (Å²) in [6.45, 7) is 6.33. The van der Waals surface area contributed by atoms with Crippen molar-refractivity contribution in [2.45, 2.75) is 76.2 Å². The van der Waals surface area contributed by atoms with E-state index in [4.69, 9.17) is 14.2 Å². The normalized spacial score (nSPS) is 23.9. The summed E-state index contributed by atoms with van der Waals surface area (Å²) in [5.74, 6) is -2.91. The van der Waals surface area contributed by atoms with E-state index < -0.39 is 23.4 Å². The topological polar surface area (TPSA) is 44.8 Å². The lowest BCUT2D eigenvalue weighted by atomic mass is 9.77. The van der Waals surface area contributed by atoms with Gasteiger partial charge in [0.1, 0.15) is 12.4 Å². The van der Waals surface area contributed by atoms with Gasteiger partial charge in [-0.1, -0.05) is 24.8 Å². The van der Waals surface area contributed by atoms with Gasteiger partial charge in [0.25, 0.3) is 0 Å². The lowest BCUT2D eigenvalue weighted by Gasteiger charge is -2.30. The molecule has 200 valence electrons. The van der Waals surface area contributed by atoms with Crippen LogP contribution in [0.2, 0.25) is 0 Å². The molecule has 2 aromatic carbocycles. The molecule has 0 spiro atoms. The Morgan fingerprint density at radius 1 is 0.919 bits per heavy atom. The van der Waals surface area contributed by atoms with Crippen molar-refractivity contribution in [2.75, 3.05) is 13.2 Å². The van der Waals surface area contributed by atoms with E-state index in [1.54, 1.807) is 12.1 Å². The van der Waals surface area contributed by atoms with Crippen LogP contribution in [0.25, 0.3) is 0 Å². The van der Waals surface area contributed by atoms with Crippen LogP contribution in [0.1, 0.15) is 81.3 Å². The second-order valence-corrected chi connectivity index (χ2v) is 9.96. The van der Waals surface area contributed by atoms with Crippen LogP contribution in [-0.4, -0.2) is 25.3 Å². The SMILES string of the molecule is C=CCOc1ccc(OC(=O)C2CCC(c3ccc(C4CCC(OCC)CC4)c(F)c3F)CC2)cc1F. The molecular weight excluding hydrogens is 481 g/mol. The molecule has 0 unspecified atom stereocenters. The summed E-state index contributed by atoms with van der Waals surface area (Å²) in [7, 11) is 0. The first-order valence-corrected chi connectivity index (χ1v) is 13.3. The van der Waals surface area contributed by atoms with Crippen molar-refractivity contribution >= 4 is 5.97 Å². The molecule has 2 aromatic rings. The molecule has 4 nitrogen and oxygen atoms in total. The summed E-state index contributed by atoms with van der Waals surface area (Å²) < 4.78 is 60.6. The van der Waals surface area contributed by atoms with Crippen molar-refractivity contribution in [1.29, 1.82) is 0 Å². The van der Waals surface area contributed by atoms with Gasteiger partial charge in [0.2, 0.25) is 0 Å². The minimum Gasteiger partial charge on any atom is -0.486 e. The number of rotatable bonds is 9. The number of ether oxygens (including phenoxy) is 3. The Morgan fingerprint density at radius 2 is 1.51 bits per heavy atom. The van der Waals surface area contributed by atoms with E-state index in [1.807, 2.05) is 6.92 Å². The fraction of sp³-hybridized carbons (Fsp3) is 0.500. The van der Waals surface area contributed by atoms with Crippen LogP contribution in [0, 0.1) is 23.4 Å². The maximum Gasteiger partial charge on any atom is 0.314 e. The highest BCUT2D eigenvalue weighted by molar-refractivity contribution is 5.75. The first kappa shape index (κ1) is 27.2. The van der Waals surface area contributed by atoms with E-state index in [2.05, 4.69) is 6.58 Å². The fourth-order valence-corrected chi connectivity index (χ4v) is 5.64. The third-order valence-electron chi connectivity index (χ3n) is 7.64. The van der Waals surface area contributed by atoms with E-state index in [1.165, 1.54) is 18.2 Å². The van der Waals surface area contributed by atoms with Crippen molar-refractivity contribution in [3.63, 3.8) is 0 Å². The Labute approximate surface area is 216 Å². The van der Waals surface area contributed by atoms with Crippen LogP contribution in [0.5, 0.6) is 11.5 Å². The largest absolute Gasteiger partial charge is 0.486 e. The van der Waals surface area contributed by atoms with E-state index in [-0.39, 0.29) is 42.0 Å². The molecule has 0 atom stereocenters. The zero-order valence-corrected chi connectivity index (χ0v) is 21.3. The Balaban J connectivity index is 1.32. The summed E-state index contributed by atoms with van der Waals surface area (Å²) in [5, 5.41) is 0. The van der Waals surface area contributed by atoms with E-state index in [0.29, 0.717) is 43.4 Å². The number of halogens is 3. The van der Waals surface area contributed by atoms with Crippen LogP contribution >= 0.6 is 0 Å². The van der Waals surface area contributed by atoms with Crippen molar-refractivity contribution in [3.05, 3.63) is 71.6 Å². The van der Waals surface area contributed by atoms with Crippen LogP contribution in [0.3, 0.4) is 0 Å². The highest BCUT2D eigenvalue weighted by Gasteiger charge is 2.32. The fourth-order valence-electron chi connectivity index (χ4n) is 5.64. The van der Waals surface area contributed by atoms with Crippen LogP contribution in [0.4, 0.5) is 13.2 Å². The average molecular weight is 517 g/mol. The quantitative estimate of drug-likeness (QED) is 0.195. The van der Waals surface area contributed by atoms with Gasteiger partial charge >= 0.3 is 5.97 Å². The summed E-state index contributed by atoms with van der Waals surface area (Å²) in [6, 6.07) is 7.48. The third-order valence-corrected chi connectivity index (χ3v) is 7.64. The Bertz CT molecular complexity index is 1090. The molecule has 4 rings (SSSR count). The van der Waals surface area contributed by atoms with Gasteiger partial charge in [0.15, 0.2) is 23.2 Å². The van der Waals surface area contributed by atoms with Gasteiger partial charge in [-0.25, -0.2) is 13.2 Å². The number of benzene rings is 2. The highest BCUT2D eigenvalue weighted by atomic mass is 19.2. The van der Waals surface area contributed by atoms with Crippen molar-refractivity contribution < 1.29 is 32.2 Å². The van der Waals surface area contributed by atoms with E-state index >= 15 is 8.78 Å². The van der Waals surface area contributed by atoms with Gasteiger partial charge in [-0.15, -0.1) is 0 Å². The molecule has 2 aliphatic rings. The standard InChI is InChI=1S/C30H35F3O4/c1-3-17-36-27-16-13-23(18-26(27)31)37-30(34)21-7-5-19(6-8-21)24-14-15-25(29(33)28(24)32)20-9-11-22(12-10-20)35-4-2/h3,13-16,18-22H,1,4-12,17H2,2H3. The molecule has 37 heavy (non-hydrogen) atoms. The lowest BCUT2D eigenvalue weighted by molar-refractivity contribution is -0.140. The third kappa shape index (κ3) is 6.56. The molecule has 0 aliphatic heterocycles. The predicted molar refractivity (Wildman–Crippen MR) is 135 cm³/mol. The second-order valence-electron chi connectivity index (χ2n) is 9.96. The number of hydrogen-bond acceptors (Lipinski definition) is 4. The number of carbonyl (C=O) groups excluding carboxylic acids is 1. The zero-order valence-electron chi connectivity index (χ0n) is 21.3.